The summed E-state index contributed by atoms with van der Waals surface area (Å²) in [6, 6.07) is 11.9. The molecule has 1 aliphatic carbocycles. The lowest BCUT2D eigenvalue weighted by Gasteiger charge is -2.31. The quantitative estimate of drug-likeness (QED) is 0.807. The van der Waals surface area contributed by atoms with Gasteiger partial charge in [0.1, 0.15) is 16.5 Å². The molecule has 2 aromatic carbocycles. The summed E-state index contributed by atoms with van der Waals surface area (Å²) in [5.74, 6) is -1.66. The first-order valence-electron chi connectivity index (χ1n) is 8.97. The van der Waals surface area contributed by atoms with Crippen LogP contribution in [0.25, 0.3) is 0 Å². The summed E-state index contributed by atoms with van der Waals surface area (Å²) in [6.45, 7) is 0. The largest absolute Gasteiger partial charge is 0.243 e. The molecule has 0 aliphatic heterocycles. The van der Waals surface area contributed by atoms with Crippen molar-refractivity contribution < 1.29 is 17.2 Å². The Kier molecular flexibility index (Phi) is 6.04. The highest BCUT2D eigenvalue weighted by atomic mass is 32.2. The minimum Gasteiger partial charge on any atom is -0.207 e. The van der Waals surface area contributed by atoms with E-state index in [0.717, 1.165) is 49.8 Å². The van der Waals surface area contributed by atoms with E-state index in [4.69, 9.17) is 0 Å². The minimum absolute atomic E-state index is 0.210. The van der Waals surface area contributed by atoms with Crippen molar-refractivity contribution in [2.45, 2.75) is 49.5 Å². The van der Waals surface area contributed by atoms with Gasteiger partial charge in [0.25, 0.3) is 0 Å². The Labute approximate surface area is 153 Å². The summed E-state index contributed by atoms with van der Waals surface area (Å²) in [6.07, 6.45) is 5.75. The Hall–Kier alpha value is -1.79. The number of hydrogen-bond acceptors (Lipinski definition) is 2. The molecule has 0 spiro atoms. The second-order valence-electron chi connectivity index (χ2n) is 6.89. The van der Waals surface area contributed by atoms with Crippen LogP contribution in [0.4, 0.5) is 8.78 Å². The smallest absolute Gasteiger partial charge is 0.207 e. The van der Waals surface area contributed by atoms with Crippen LogP contribution in [0.2, 0.25) is 0 Å². The average Bonchev–Trinajstić information content (AvgIpc) is 2.62. The van der Waals surface area contributed by atoms with Crippen molar-refractivity contribution in [1.29, 1.82) is 0 Å². The second kappa shape index (κ2) is 8.27. The fourth-order valence-corrected chi connectivity index (χ4v) is 5.03. The van der Waals surface area contributed by atoms with Crippen molar-refractivity contribution in [1.82, 2.24) is 4.72 Å². The van der Waals surface area contributed by atoms with Gasteiger partial charge in [-0.2, -0.15) is 0 Å². The SMILES string of the molecule is O=S(=O)(NC(Cc1ccccc1)C1CCCCC1)c1ccc(F)cc1F. The van der Waals surface area contributed by atoms with Crippen molar-refractivity contribution in [3.8, 4) is 0 Å². The van der Waals surface area contributed by atoms with E-state index in [1.54, 1.807) is 0 Å². The van der Waals surface area contributed by atoms with Crippen LogP contribution >= 0.6 is 0 Å². The molecule has 0 radical (unpaired) electrons. The molecule has 2 aromatic rings. The Bertz CT molecular complexity index is 834. The third kappa shape index (κ3) is 4.68. The van der Waals surface area contributed by atoms with Crippen molar-refractivity contribution in [3.05, 3.63) is 65.7 Å². The minimum atomic E-state index is -4.07. The van der Waals surface area contributed by atoms with Crippen molar-refractivity contribution in [2.24, 2.45) is 5.92 Å². The van der Waals surface area contributed by atoms with E-state index >= 15 is 0 Å². The number of rotatable bonds is 6. The lowest BCUT2D eigenvalue weighted by Crippen LogP contribution is -2.42. The summed E-state index contributed by atoms with van der Waals surface area (Å²) in [7, 11) is -4.07. The summed E-state index contributed by atoms with van der Waals surface area (Å²) < 4.78 is 55.3. The molecule has 3 rings (SSSR count). The van der Waals surface area contributed by atoms with E-state index in [2.05, 4.69) is 4.72 Å². The maximum absolute atomic E-state index is 14.0. The first-order chi connectivity index (χ1) is 12.5. The third-order valence-electron chi connectivity index (χ3n) is 5.01. The molecule has 1 saturated carbocycles. The van der Waals surface area contributed by atoms with E-state index < -0.39 is 26.6 Å². The fourth-order valence-electron chi connectivity index (χ4n) is 3.67. The molecule has 1 unspecified atom stereocenters. The van der Waals surface area contributed by atoms with Gasteiger partial charge in [-0.05, 0) is 42.9 Å². The normalized spacial score (nSPS) is 17.2. The Morgan fingerprint density at radius 3 is 2.35 bits per heavy atom. The molecular formula is C20H23F2NO2S. The highest BCUT2D eigenvalue weighted by Gasteiger charge is 2.30. The molecular weight excluding hydrogens is 356 g/mol. The first kappa shape index (κ1) is 19.0. The molecule has 0 saturated heterocycles. The molecule has 26 heavy (non-hydrogen) atoms. The molecule has 3 nitrogen and oxygen atoms in total. The molecule has 0 heterocycles. The predicted molar refractivity (Wildman–Crippen MR) is 97.2 cm³/mol. The zero-order valence-corrected chi connectivity index (χ0v) is 15.3. The molecule has 1 fully saturated rings. The summed E-state index contributed by atoms with van der Waals surface area (Å²) in [5.41, 5.74) is 1.03. The van der Waals surface area contributed by atoms with Crippen LogP contribution < -0.4 is 4.72 Å². The Balaban J connectivity index is 1.86. The summed E-state index contributed by atoms with van der Waals surface area (Å²) in [4.78, 5) is -0.507. The van der Waals surface area contributed by atoms with Crippen molar-refractivity contribution in [3.63, 3.8) is 0 Å². The highest BCUT2D eigenvalue weighted by Crippen LogP contribution is 2.29. The number of nitrogens with one attached hydrogen (secondary N) is 1. The van der Waals surface area contributed by atoms with Crippen LogP contribution in [0.15, 0.2) is 53.4 Å². The number of halogens is 2. The van der Waals surface area contributed by atoms with Crippen LogP contribution in [0.1, 0.15) is 37.7 Å². The zero-order valence-electron chi connectivity index (χ0n) is 14.5. The molecule has 0 amide bonds. The molecule has 6 heteroatoms. The molecule has 1 aliphatic rings. The number of benzene rings is 2. The maximum Gasteiger partial charge on any atom is 0.243 e. The van der Waals surface area contributed by atoms with Gasteiger partial charge in [0.15, 0.2) is 0 Å². The molecule has 1 N–H and O–H groups in total. The third-order valence-corrected chi connectivity index (χ3v) is 6.53. The fraction of sp³-hybridized carbons (Fsp3) is 0.400. The van der Waals surface area contributed by atoms with Gasteiger partial charge in [0.2, 0.25) is 10.0 Å². The van der Waals surface area contributed by atoms with Crippen LogP contribution in [0.3, 0.4) is 0 Å². The zero-order chi connectivity index (χ0) is 18.6. The van der Waals surface area contributed by atoms with Gasteiger partial charge < -0.3 is 0 Å². The van der Waals surface area contributed by atoms with E-state index in [-0.39, 0.29) is 12.0 Å². The van der Waals surface area contributed by atoms with E-state index in [0.29, 0.717) is 12.5 Å². The number of sulfonamides is 1. The lowest BCUT2D eigenvalue weighted by atomic mass is 9.82. The van der Waals surface area contributed by atoms with Gasteiger partial charge >= 0.3 is 0 Å². The van der Waals surface area contributed by atoms with Gasteiger partial charge in [-0.15, -0.1) is 0 Å². The van der Waals surface area contributed by atoms with Gasteiger partial charge in [-0.25, -0.2) is 21.9 Å². The van der Waals surface area contributed by atoms with Crippen molar-refractivity contribution in [2.75, 3.05) is 0 Å². The van der Waals surface area contributed by atoms with Crippen molar-refractivity contribution >= 4 is 10.0 Å². The van der Waals surface area contributed by atoms with Gasteiger partial charge in [0.05, 0.1) is 0 Å². The van der Waals surface area contributed by atoms with Gasteiger partial charge in [-0.1, -0.05) is 49.6 Å². The second-order valence-corrected chi connectivity index (χ2v) is 8.57. The van der Waals surface area contributed by atoms with E-state index in [9.17, 15) is 17.2 Å². The van der Waals surface area contributed by atoms with Crippen LogP contribution in [0.5, 0.6) is 0 Å². The maximum atomic E-state index is 14.0. The highest BCUT2D eigenvalue weighted by molar-refractivity contribution is 7.89. The monoisotopic (exact) mass is 379 g/mol. The average molecular weight is 379 g/mol. The molecule has 0 bridgehead atoms. The molecule has 1 atom stereocenters. The number of hydrogen-bond donors (Lipinski definition) is 1. The molecule has 0 aromatic heterocycles. The van der Waals surface area contributed by atoms with E-state index in [1.807, 2.05) is 30.3 Å². The Morgan fingerprint density at radius 2 is 1.69 bits per heavy atom. The van der Waals surface area contributed by atoms with Crippen LogP contribution in [0, 0.1) is 17.6 Å². The topological polar surface area (TPSA) is 46.2 Å². The first-order valence-corrected chi connectivity index (χ1v) is 10.5. The lowest BCUT2D eigenvalue weighted by molar-refractivity contribution is 0.288. The summed E-state index contributed by atoms with van der Waals surface area (Å²) >= 11 is 0. The summed E-state index contributed by atoms with van der Waals surface area (Å²) in [5, 5.41) is 0. The van der Waals surface area contributed by atoms with Gasteiger partial charge in [-0.3, -0.25) is 0 Å². The molecule has 140 valence electrons. The van der Waals surface area contributed by atoms with Gasteiger partial charge in [0, 0.05) is 12.1 Å². The standard InChI is InChI=1S/C20H23F2NO2S/c21-17-11-12-20(18(22)14-17)26(24,25)23-19(16-9-5-2-6-10-16)13-15-7-3-1-4-8-15/h1,3-4,7-8,11-12,14,16,19,23H,2,5-6,9-10,13H2. The van der Waals surface area contributed by atoms with E-state index in [1.165, 1.54) is 0 Å². The van der Waals surface area contributed by atoms with Crippen LogP contribution in [-0.2, 0) is 16.4 Å². The Morgan fingerprint density at radius 1 is 1.00 bits per heavy atom. The predicted octanol–water partition coefficient (Wildman–Crippen LogP) is 4.43. The van der Waals surface area contributed by atoms with Crippen LogP contribution in [-0.4, -0.2) is 14.5 Å².